The maximum absolute atomic E-state index is 12.3. The Bertz CT molecular complexity index is 953. The highest BCUT2D eigenvalue weighted by Crippen LogP contribution is 2.23. The van der Waals surface area contributed by atoms with E-state index in [9.17, 15) is 9.59 Å². The van der Waals surface area contributed by atoms with Crippen molar-refractivity contribution in [2.24, 2.45) is 0 Å². The van der Waals surface area contributed by atoms with Crippen LogP contribution in [0.1, 0.15) is 40.7 Å². The maximum atomic E-state index is 12.3. The number of aryl methyl sites for hydroxylation is 1. The van der Waals surface area contributed by atoms with Gasteiger partial charge in [0.1, 0.15) is 5.75 Å². The normalized spacial score (nSPS) is 11.5. The predicted octanol–water partition coefficient (Wildman–Crippen LogP) is 4.74. The first-order chi connectivity index (χ1) is 13.5. The lowest BCUT2D eigenvalue weighted by Crippen LogP contribution is -2.13. The van der Waals surface area contributed by atoms with Crippen molar-refractivity contribution in [1.82, 2.24) is 4.98 Å². The summed E-state index contributed by atoms with van der Waals surface area (Å²) in [7, 11) is 0. The molecule has 1 atom stereocenters. The molecule has 28 heavy (non-hydrogen) atoms. The van der Waals surface area contributed by atoms with Gasteiger partial charge in [0.15, 0.2) is 0 Å². The van der Waals surface area contributed by atoms with Crippen LogP contribution in [0.3, 0.4) is 0 Å². The van der Waals surface area contributed by atoms with Crippen molar-refractivity contribution < 1.29 is 14.3 Å². The molecule has 0 aliphatic rings. The number of benzene rings is 2. The van der Waals surface area contributed by atoms with Gasteiger partial charge in [0.05, 0.1) is 18.3 Å². The van der Waals surface area contributed by atoms with Gasteiger partial charge < -0.3 is 10.1 Å². The van der Waals surface area contributed by atoms with E-state index in [1.807, 2.05) is 38.1 Å². The van der Waals surface area contributed by atoms with Gasteiger partial charge in [0.25, 0.3) is 5.91 Å². The first-order valence-corrected chi connectivity index (χ1v) is 9.10. The second-order valence-electron chi connectivity index (χ2n) is 6.66. The van der Waals surface area contributed by atoms with E-state index >= 15 is 0 Å². The Balaban J connectivity index is 1.57. The fourth-order valence-electron chi connectivity index (χ4n) is 2.99. The summed E-state index contributed by atoms with van der Waals surface area (Å²) in [6.07, 6.45) is 3.50. The summed E-state index contributed by atoms with van der Waals surface area (Å²) < 4.78 is 5.42. The van der Waals surface area contributed by atoms with Gasteiger partial charge in [-0.2, -0.15) is 0 Å². The lowest BCUT2D eigenvalue weighted by Gasteiger charge is -2.14. The van der Waals surface area contributed by atoms with E-state index in [1.54, 1.807) is 48.8 Å². The molecule has 142 valence electrons. The zero-order chi connectivity index (χ0) is 19.9. The summed E-state index contributed by atoms with van der Waals surface area (Å²) >= 11 is 0. The van der Waals surface area contributed by atoms with Crippen LogP contribution in [0.4, 0.5) is 5.69 Å². The third kappa shape index (κ3) is 5.04. The van der Waals surface area contributed by atoms with Crippen LogP contribution in [0.15, 0.2) is 73.1 Å². The molecule has 1 aromatic heterocycles. The number of nitrogens with zero attached hydrogens (tertiary/aromatic N) is 1. The van der Waals surface area contributed by atoms with Crippen LogP contribution in [-0.4, -0.2) is 16.9 Å². The van der Waals surface area contributed by atoms with Crippen molar-refractivity contribution in [2.75, 3.05) is 5.32 Å². The standard InChI is InChI=1S/C23H22N2O3/c1-16-6-3-4-8-21(16)17(2)14-22(26)28-20-11-9-18(10-12-20)23(27)25-19-7-5-13-24-15-19/h3-13,15,17H,14H2,1-2H3,(H,25,27). The molecule has 0 saturated carbocycles. The van der Waals surface area contributed by atoms with Crippen LogP contribution < -0.4 is 10.1 Å². The summed E-state index contributed by atoms with van der Waals surface area (Å²) in [4.78, 5) is 28.5. The Morgan fingerprint density at radius 1 is 1.04 bits per heavy atom. The quantitative estimate of drug-likeness (QED) is 0.500. The number of amides is 1. The average Bonchev–Trinajstić information content (AvgIpc) is 2.69. The minimum Gasteiger partial charge on any atom is -0.427 e. The van der Waals surface area contributed by atoms with E-state index in [2.05, 4.69) is 10.3 Å². The molecule has 1 amide bonds. The molecule has 1 heterocycles. The maximum Gasteiger partial charge on any atom is 0.311 e. The number of nitrogens with one attached hydrogen (secondary N) is 1. The van der Waals surface area contributed by atoms with Crippen molar-refractivity contribution in [1.29, 1.82) is 0 Å². The van der Waals surface area contributed by atoms with Crippen molar-refractivity contribution >= 4 is 17.6 Å². The van der Waals surface area contributed by atoms with Crippen molar-refractivity contribution in [3.05, 3.63) is 89.7 Å². The van der Waals surface area contributed by atoms with E-state index in [0.29, 0.717) is 17.0 Å². The minimum absolute atomic E-state index is 0.0678. The molecule has 3 aromatic rings. The van der Waals surface area contributed by atoms with Gasteiger partial charge in [0, 0.05) is 11.8 Å². The minimum atomic E-state index is -0.302. The fraction of sp³-hybridized carbons (Fsp3) is 0.174. The van der Waals surface area contributed by atoms with E-state index in [0.717, 1.165) is 11.1 Å². The second-order valence-corrected chi connectivity index (χ2v) is 6.66. The van der Waals surface area contributed by atoms with Crippen LogP contribution in [0, 0.1) is 6.92 Å². The Hall–Kier alpha value is -3.47. The van der Waals surface area contributed by atoms with E-state index in [1.165, 1.54) is 0 Å². The number of anilines is 1. The molecule has 0 spiro atoms. The number of carbonyl (C=O) groups is 2. The van der Waals surface area contributed by atoms with Gasteiger partial charge in [0.2, 0.25) is 0 Å². The average molecular weight is 374 g/mol. The Morgan fingerprint density at radius 3 is 2.46 bits per heavy atom. The summed E-state index contributed by atoms with van der Waals surface area (Å²) in [5.41, 5.74) is 3.39. The number of aromatic nitrogens is 1. The van der Waals surface area contributed by atoms with Crippen molar-refractivity contribution in [3.8, 4) is 5.75 Å². The van der Waals surface area contributed by atoms with Gasteiger partial charge in [-0.1, -0.05) is 31.2 Å². The third-order valence-electron chi connectivity index (χ3n) is 4.46. The van der Waals surface area contributed by atoms with Gasteiger partial charge in [-0.05, 0) is 60.4 Å². The molecule has 5 heteroatoms. The summed E-state index contributed by atoms with van der Waals surface area (Å²) in [5.74, 6) is -0.0690. The molecule has 0 fully saturated rings. The number of esters is 1. The Morgan fingerprint density at radius 2 is 1.79 bits per heavy atom. The number of ether oxygens (including phenoxy) is 1. The van der Waals surface area contributed by atoms with Crippen molar-refractivity contribution in [2.45, 2.75) is 26.2 Å². The van der Waals surface area contributed by atoms with Gasteiger partial charge >= 0.3 is 5.97 Å². The number of rotatable bonds is 6. The topological polar surface area (TPSA) is 68.3 Å². The number of hydrogen-bond donors (Lipinski definition) is 1. The van der Waals surface area contributed by atoms with E-state index in [-0.39, 0.29) is 24.2 Å². The molecule has 2 aromatic carbocycles. The molecule has 0 radical (unpaired) electrons. The Kier molecular flexibility index (Phi) is 6.17. The van der Waals surface area contributed by atoms with Crippen molar-refractivity contribution in [3.63, 3.8) is 0 Å². The SMILES string of the molecule is Cc1ccccc1C(C)CC(=O)Oc1ccc(C(=O)Nc2cccnc2)cc1. The fourth-order valence-corrected chi connectivity index (χ4v) is 2.99. The molecule has 1 N–H and O–H groups in total. The van der Waals surface area contributed by atoms with Crippen LogP contribution in [0.2, 0.25) is 0 Å². The highest BCUT2D eigenvalue weighted by molar-refractivity contribution is 6.04. The van der Waals surface area contributed by atoms with Gasteiger partial charge in [-0.25, -0.2) is 0 Å². The third-order valence-corrected chi connectivity index (χ3v) is 4.46. The highest BCUT2D eigenvalue weighted by atomic mass is 16.5. The first kappa shape index (κ1) is 19.3. The molecule has 3 rings (SSSR count). The Labute approximate surface area is 164 Å². The molecule has 0 bridgehead atoms. The molecule has 0 aliphatic heterocycles. The van der Waals surface area contributed by atoms with E-state index in [4.69, 9.17) is 4.74 Å². The van der Waals surface area contributed by atoms with Crippen LogP contribution in [0.25, 0.3) is 0 Å². The lowest BCUT2D eigenvalue weighted by atomic mass is 9.94. The smallest absolute Gasteiger partial charge is 0.311 e. The van der Waals surface area contributed by atoms with E-state index < -0.39 is 0 Å². The summed E-state index contributed by atoms with van der Waals surface area (Å²) in [6, 6.07) is 18.0. The van der Waals surface area contributed by atoms with Crippen LogP contribution in [-0.2, 0) is 4.79 Å². The molecule has 0 saturated heterocycles. The van der Waals surface area contributed by atoms with Crippen LogP contribution in [0.5, 0.6) is 5.75 Å². The first-order valence-electron chi connectivity index (χ1n) is 9.10. The zero-order valence-electron chi connectivity index (χ0n) is 15.9. The summed E-state index contributed by atoms with van der Waals surface area (Å²) in [6.45, 7) is 4.04. The largest absolute Gasteiger partial charge is 0.427 e. The summed E-state index contributed by atoms with van der Waals surface area (Å²) in [5, 5.41) is 2.76. The second kappa shape index (κ2) is 8.95. The lowest BCUT2D eigenvalue weighted by molar-refractivity contribution is -0.134. The zero-order valence-corrected chi connectivity index (χ0v) is 15.9. The number of pyridine rings is 1. The van der Waals surface area contributed by atoms with Gasteiger partial charge in [-0.15, -0.1) is 0 Å². The van der Waals surface area contributed by atoms with Gasteiger partial charge in [-0.3, -0.25) is 14.6 Å². The number of hydrogen-bond acceptors (Lipinski definition) is 4. The molecule has 1 unspecified atom stereocenters. The number of carbonyl (C=O) groups excluding carboxylic acids is 2. The van der Waals surface area contributed by atoms with Crippen LogP contribution >= 0.6 is 0 Å². The predicted molar refractivity (Wildman–Crippen MR) is 108 cm³/mol. The molecule has 5 nitrogen and oxygen atoms in total. The monoisotopic (exact) mass is 374 g/mol. The molecular weight excluding hydrogens is 352 g/mol. The molecule has 0 aliphatic carbocycles. The highest BCUT2D eigenvalue weighted by Gasteiger charge is 2.15. The molecular formula is C23H22N2O3.